The molecule has 2 N–H and O–H groups in total. The second kappa shape index (κ2) is 8.38. The van der Waals surface area contributed by atoms with Crippen molar-refractivity contribution in [3.05, 3.63) is 116 Å². The zero-order chi connectivity index (χ0) is 22.9. The summed E-state index contributed by atoms with van der Waals surface area (Å²) >= 11 is 5.97. The first-order valence-electron chi connectivity index (χ1n) is 10.2. The summed E-state index contributed by atoms with van der Waals surface area (Å²) in [6.45, 7) is 0.275. The molecule has 0 fully saturated rings. The van der Waals surface area contributed by atoms with E-state index in [1.165, 1.54) is 0 Å². The van der Waals surface area contributed by atoms with Crippen LogP contribution in [0.25, 0.3) is 11.0 Å². The minimum atomic E-state index is -0.805. The van der Waals surface area contributed by atoms with Gasteiger partial charge in [-0.3, -0.25) is 0 Å². The number of benzene rings is 3. The summed E-state index contributed by atoms with van der Waals surface area (Å²) in [6.07, 6.45) is 0. The Hall–Kier alpha value is -4.21. The number of fused-ring (bicyclic) bond motifs is 3. The van der Waals surface area contributed by atoms with Crippen LogP contribution in [0.15, 0.2) is 93.5 Å². The lowest BCUT2D eigenvalue weighted by atomic mass is 9.83. The van der Waals surface area contributed by atoms with Gasteiger partial charge in [0.05, 0.1) is 16.9 Å². The van der Waals surface area contributed by atoms with Crippen LogP contribution in [0.5, 0.6) is 11.5 Å². The number of hydrogen-bond donors (Lipinski definition) is 1. The van der Waals surface area contributed by atoms with Crippen molar-refractivity contribution in [2.75, 3.05) is 0 Å². The molecule has 162 valence electrons. The first-order valence-corrected chi connectivity index (χ1v) is 10.5. The molecule has 0 radical (unpaired) electrons. The van der Waals surface area contributed by atoms with Crippen molar-refractivity contribution in [3.63, 3.8) is 0 Å². The van der Waals surface area contributed by atoms with Crippen LogP contribution in [0.4, 0.5) is 0 Å². The van der Waals surface area contributed by atoms with Crippen LogP contribution in [0, 0.1) is 11.3 Å². The second-order valence-corrected chi connectivity index (χ2v) is 7.94. The number of nitrogens with two attached hydrogens (primary N) is 1. The highest BCUT2D eigenvalue weighted by Gasteiger charge is 2.36. The van der Waals surface area contributed by atoms with Crippen molar-refractivity contribution in [2.24, 2.45) is 5.73 Å². The molecule has 0 saturated carbocycles. The topological polar surface area (TPSA) is 98.5 Å². The molecule has 0 aliphatic carbocycles. The maximum Gasteiger partial charge on any atom is 0.344 e. The van der Waals surface area contributed by atoms with E-state index < -0.39 is 11.5 Å². The summed E-state index contributed by atoms with van der Waals surface area (Å²) in [4.78, 5) is 13.1. The average molecular weight is 457 g/mol. The normalized spacial score (nSPS) is 15.0. The van der Waals surface area contributed by atoms with Crippen LogP contribution < -0.4 is 20.8 Å². The molecule has 3 aromatic carbocycles. The Morgan fingerprint density at radius 2 is 1.76 bits per heavy atom. The molecule has 1 aliphatic heterocycles. The number of hydrogen-bond acceptors (Lipinski definition) is 6. The molecular weight excluding hydrogens is 440 g/mol. The molecule has 0 saturated heterocycles. The number of allylic oxidation sites excluding steroid dienone is 1. The Balaban J connectivity index is 1.65. The third-order valence-electron chi connectivity index (χ3n) is 5.51. The molecular formula is C26H17ClN2O4. The lowest BCUT2D eigenvalue weighted by Crippen LogP contribution is -2.26. The zero-order valence-corrected chi connectivity index (χ0v) is 18.0. The number of halogens is 1. The number of ether oxygens (including phenoxy) is 2. The van der Waals surface area contributed by atoms with Gasteiger partial charge in [0.1, 0.15) is 29.6 Å². The number of nitrogens with zero attached hydrogens (tertiary/aromatic N) is 1. The molecule has 33 heavy (non-hydrogen) atoms. The molecule has 1 aliphatic rings. The van der Waals surface area contributed by atoms with Crippen molar-refractivity contribution in [3.8, 4) is 17.6 Å². The third kappa shape index (κ3) is 3.69. The van der Waals surface area contributed by atoms with E-state index in [-0.39, 0.29) is 29.4 Å². The fourth-order valence-corrected chi connectivity index (χ4v) is 4.10. The molecule has 5 rings (SSSR count). The minimum Gasteiger partial charge on any atom is -0.489 e. The van der Waals surface area contributed by atoms with E-state index >= 15 is 0 Å². The van der Waals surface area contributed by atoms with Crippen molar-refractivity contribution < 1.29 is 13.9 Å². The van der Waals surface area contributed by atoms with Crippen LogP contribution in [-0.4, -0.2) is 0 Å². The maximum atomic E-state index is 13.1. The van der Waals surface area contributed by atoms with Gasteiger partial charge in [0.25, 0.3) is 0 Å². The van der Waals surface area contributed by atoms with Gasteiger partial charge in [0.2, 0.25) is 5.88 Å². The highest BCUT2D eigenvalue weighted by atomic mass is 35.5. The van der Waals surface area contributed by atoms with Crippen LogP contribution in [0.1, 0.15) is 22.6 Å². The van der Waals surface area contributed by atoms with E-state index in [0.29, 0.717) is 27.3 Å². The molecule has 2 heterocycles. The van der Waals surface area contributed by atoms with Gasteiger partial charge >= 0.3 is 5.63 Å². The predicted octanol–water partition coefficient (Wildman–Crippen LogP) is 5.24. The number of para-hydroxylation sites is 2. The standard InChI is InChI=1S/C26H17ClN2O4/c27-16-11-9-15(10-12-16)14-31-20-7-3-1-5-17(20)22-19(13-28)25(29)33-24-18-6-2-4-8-21(18)32-26(30)23(22)24/h1-12,22H,14,29H2/t22-/m1/s1. The van der Waals surface area contributed by atoms with Gasteiger partial charge in [-0.15, -0.1) is 0 Å². The number of rotatable bonds is 4. The highest BCUT2D eigenvalue weighted by molar-refractivity contribution is 6.30. The van der Waals surface area contributed by atoms with Crippen molar-refractivity contribution in [2.45, 2.75) is 12.5 Å². The van der Waals surface area contributed by atoms with Gasteiger partial charge in [-0.1, -0.05) is 54.1 Å². The Morgan fingerprint density at radius 1 is 1.03 bits per heavy atom. The summed E-state index contributed by atoms with van der Waals surface area (Å²) < 4.78 is 17.4. The van der Waals surface area contributed by atoms with Crippen LogP contribution in [0.3, 0.4) is 0 Å². The maximum absolute atomic E-state index is 13.1. The third-order valence-corrected chi connectivity index (χ3v) is 5.76. The van der Waals surface area contributed by atoms with Gasteiger partial charge in [-0.2, -0.15) is 5.26 Å². The van der Waals surface area contributed by atoms with E-state index in [0.717, 1.165) is 5.56 Å². The second-order valence-electron chi connectivity index (χ2n) is 7.51. The molecule has 6 nitrogen and oxygen atoms in total. The highest BCUT2D eigenvalue weighted by Crippen LogP contribution is 2.45. The van der Waals surface area contributed by atoms with E-state index in [2.05, 4.69) is 6.07 Å². The van der Waals surface area contributed by atoms with Gasteiger partial charge in [-0.25, -0.2) is 4.79 Å². The average Bonchev–Trinajstić information content (AvgIpc) is 2.83. The Bertz CT molecular complexity index is 1500. The molecule has 0 spiro atoms. The molecule has 4 aromatic rings. The van der Waals surface area contributed by atoms with Crippen molar-refractivity contribution >= 4 is 22.6 Å². The largest absolute Gasteiger partial charge is 0.489 e. The monoisotopic (exact) mass is 456 g/mol. The molecule has 0 amide bonds. The molecule has 1 atom stereocenters. The first-order chi connectivity index (χ1) is 16.1. The molecule has 1 aromatic heterocycles. The smallest absolute Gasteiger partial charge is 0.344 e. The summed E-state index contributed by atoms with van der Waals surface area (Å²) in [6, 6.07) is 23.7. The number of nitriles is 1. The fraction of sp³-hybridized carbons (Fsp3) is 0.0769. The summed E-state index contributed by atoms with van der Waals surface area (Å²) in [5.74, 6) is -0.0615. The van der Waals surface area contributed by atoms with Gasteiger partial charge in [0, 0.05) is 10.6 Å². The first kappa shape index (κ1) is 20.7. The summed E-state index contributed by atoms with van der Waals surface area (Å²) in [5.41, 5.74) is 7.79. The van der Waals surface area contributed by atoms with E-state index in [4.69, 9.17) is 31.2 Å². The van der Waals surface area contributed by atoms with E-state index in [1.54, 1.807) is 42.5 Å². The van der Waals surface area contributed by atoms with Crippen molar-refractivity contribution in [1.82, 2.24) is 0 Å². The molecule has 0 unspecified atom stereocenters. The van der Waals surface area contributed by atoms with Gasteiger partial charge < -0.3 is 19.6 Å². The van der Waals surface area contributed by atoms with Crippen molar-refractivity contribution in [1.29, 1.82) is 5.26 Å². The summed E-state index contributed by atoms with van der Waals surface area (Å²) in [7, 11) is 0. The van der Waals surface area contributed by atoms with Crippen LogP contribution in [-0.2, 0) is 6.61 Å². The minimum absolute atomic E-state index is 0.0572. The molecule has 7 heteroatoms. The van der Waals surface area contributed by atoms with E-state index in [1.807, 2.05) is 30.3 Å². The van der Waals surface area contributed by atoms with Gasteiger partial charge in [-0.05, 0) is 35.9 Å². The lowest BCUT2D eigenvalue weighted by molar-refractivity contribution is 0.301. The van der Waals surface area contributed by atoms with Gasteiger partial charge in [0.15, 0.2) is 5.75 Å². The fourth-order valence-electron chi connectivity index (χ4n) is 3.97. The predicted molar refractivity (Wildman–Crippen MR) is 124 cm³/mol. The lowest BCUT2D eigenvalue weighted by Gasteiger charge is -2.27. The quantitative estimate of drug-likeness (QED) is 0.421. The zero-order valence-electron chi connectivity index (χ0n) is 17.2. The SMILES string of the molecule is N#CC1=C(N)Oc2c(c(=O)oc3ccccc23)[C@@H]1c1ccccc1OCc1ccc(Cl)cc1. The Kier molecular flexibility index (Phi) is 5.25. The van der Waals surface area contributed by atoms with Crippen LogP contribution >= 0.6 is 11.6 Å². The summed E-state index contributed by atoms with van der Waals surface area (Å²) in [5, 5.41) is 11.1. The van der Waals surface area contributed by atoms with Crippen LogP contribution in [0.2, 0.25) is 5.02 Å². The Morgan fingerprint density at radius 3 is 2.55 bits per heavy atom. The Labute approximate surface area is 194 Å². The van der Waals surface area contributed by atoms with E-state index in [9.17, 15) is 10.1 Å². The molecule has 0 bridgehead atoms.